The molecule has 4 aliphatic rings. The fourth-order valence-electron chi connectivity index (χ4n) is 4.58. The van der Waals surface area contributed by atoms with Crippen LogP contribution in [0.3, 0.4) is 0 Å². The van der Waals surface area contributed by atoms with Crippen LogP contribution < -0.4 is 4.74 Å². The highest BCUT2D eigenvalue weighted by Crippen LogP contribution is 2.48. The van der Waals surface area contributed by atoms with E-state index in [9.17, 15) is 8.42 Å². The largest absolute Gasteiger partial charge is 0.445 e. The topological polar surface area (TPSA) is 71.9 Å². The van der Waals surface area contributed by atoms with Gasteiger partial charge < -0.3 is 9.64 Å². The van der Waals surface area contributed by atoms with Gasteiger partial charge in [0, 0.05) is 17.5 Å². The molecule has 6 nitrogen and oxygen atoms in total. The number of aromatic nitrogens is 1. The number of amidine groups is 1. The Balaban J connectivity index is 1.49. The summed E-state index contributed by atoms with van der Waals surface area (Å²) in [4.78, 5) is 8.10. The molecule has 2 saturated heterocycles. The minimum absolute atomic E-state index is 0.115. The number of pyridine rings is 1. The van der Waals surface area contributed by atoms with Crippen molar-refractivity contribution in [2.75, 3.05) is 12.3 Å². The summed E-state index contributed by atoms with van der Waals surface area (Å²) in [5, 5.41) is 0.840. The summed E-state index contributed by atoms with van der Waals surface area (Å²) in [5.41, 5.74) is 0.511. The third-order valence-electron chi connectivity index (χ3n) is 5.93. The lowest BCUT2D eigenvalue weighted by Gasteiger charge is -2.54. The van der Waals surface area contributed by atoms with Gasteiger partial charge >= 0.3 is 0 Å². The highest BCUT2D eigenvalue weighted by Gasteiger charge is 2.53. The Bertz CT molecular complexity index is 1000. The van der Waals surface area contributed by atoms with Crippen LogP contribution in [-0.4, -0.2) is 42.5 Å². The maximum atomic E-state index is 12.2. The maximum absolute atomic E-state index is 12.2. The van der Waals surface area contributed by atoms with Gasteiger partial charge in [-0.3, -0.25) is 4.98 Å². The van der Waals surface area contributed by atoms with Crippen LogP contribution in [-0.2, 0) is 15.4 Å². The number of hydrogen-bond donors (Lipinski definition) is 0. The first-order chi connectivity index (χ1) is 13.0. The van der Waals surface area contributed by atoms with Crippen molar-refractivity contribution < 1.29 is 13.2 Å². The quantitative estimate of drug-likeness (QED) is 0.785. The SMILES string of the molecule is Cc1ccc(Oc2ccc(C34CCC(CC3)N3CCS(=O)(=O)N=C34)nc2)s1. The minimum Gasteiger partial charge on any atom is -0.445 e. The molecule has 0 amide bonds. The van der Waals surface area contributed by atoms with Gasteiger partial charge in [-0.2, -0.15) is 0 Å². The van der Waals surface area contributed by atoms with E-state index in [1.54, 1.807) is 17.5 Å². The molecule has 2 aromatic rings. The second-order valence-electron chi connectivity index (χ2n) is 7.55. The molecule has 27 heavy (non-hydrogen) atoms. The number of aryl methyl sites for hydroxylation is 1. The summed E-state index contributed by atoms with van der Waals surface area (Å²) in [6.45, 7) is 2.59. The minimum atomic E-state index is -3.37. The van der Waals surface area contributed by atoms with E-state index in [2.05, 4.69) is 14.3 Å². The van der Waals surface area contributed by atoms with E-state index in [1.165, 1.54) is 4.88 Å². The molecule has 0 aromatic carbocycles. The van der Waals surface area contributed by atoms with Crippen molar-refractivity contribution in [3.8, 4) is 10.8 Å². The van der Waals surface area contributed by atoms with Gasteiger partial charge in [-0.15, -0.1) is 15.7 Å². The smallest absolute Gasteiger partial charge is 0.256 e. The fraction of sp³-hybridized carbons (Fsp3) is 0.474. The molecule has 2 bridgehead atoms. The van der Waals surface area contributed by atoms with Gasteiger partial charge in [-0.25, -0.2) is 8.42 Å². The first-order valence-corrected chi connectivity index (χ1v) is 11.7. The summed E-state index contributed by atoms with van der Waals surface area (Å²) in [5.74, 6) is 1.52. The highest BCUT2D eigenvalue weighted by molar-refractivity contribution is 7.90. The van der Waals surface area contributed by atoms with E-state index >= 15 is 0 Å². The van der Waals surface area contributed by atoms with Gasteiger partial charge in [0.05, 0.1) is 23.1 Å². The van der Waals surface area contributed by atoms with Crippen LogP contribution in [0.1, 0.15) is 36.3 Å². The lowest BCUT2D eigenvalue weighted by atomic mass is 9.64. The first kappa shape index (κ1) is 17.2. The number of ether oxygens (including phenoxy) is 1. The van der Waals surface area contributed by atoms with Crippen molar-refractivity contribution in [2.45, 2.75) is 44.1 Å². The van der Waals surface area contributed by atoms with E-state index in [0.717, 1.165) is 36.4 Å². The van der Waals surface area contributed by atoms with Gasteiger partial charge in [0.2, 0.25) is 0 Å². The number of nitrogens with zero attached hydrogens (tertiary/aromatic N) is 3. The van der Waals surface area contributed by atoms with E-state index in [1.807, 2.05) is 31.2 Å². The zero-order valence-electron chi connectivity index (χ0n) is 15.1. The number of hydrogen-bond acceptors (Lipinski definition) is 6. The molecule has 0 unspecified atom stereocenters. The van der Waals surface area contributed by atoms with Crippen LogP contribution in [0, 0.1) is 6.92 Å². The number of sulfonamides is 1. The molecule has 0 spiro atoms. The molecule has 5 heterocycles. The van der Waals surface area contributed by atoms with Gasteiger partial charge in [0.1, 0.15) is 11.6 Å². The molecule has 142 valence electrons. The molecule has 2 aromatic heterocycles. The molecular weight excluding hydrogens is 382 g/mol. The van der Waals surface area contributed by atoms with Gasteiger partial charge in [-0.1, -0.05) is 0 Å². The average Bonchev–Trinajstić information content (AvgIpc) is 3.07. The molecule has 3 fully saturated rings. The molecule has 0 radical (unpaired) electrons. The Hall–Kier alpha value is -1.93. The molecular formula is C19H21N3O3S2. The number of rotatable bonds is 3. The predicted octanol–water partition coefficient (Wildman–Crippen LogP) is 3.48. The van der Waals surface area contributed by atoms with E-state index in [0.29, 0.717) is 24.2 Å². The lowest BCUT2D eigenvalue weighted by molar-refractivity contribution is 0.149. The predicted molar refractivity (Wildman–Crippen MR) is 105 cm³/mol. The molecule has 1 aliphatic carbocycles. The monoisotopic (exact) mass is 403 g/mol. The Labute approximate surface area is 163 Å². The second-order valence-corrected chi connectivity index (χ2v) is 10.6. The summed E-state index contributed by atoms with van der Waals surface area (Å²) in [7, 11) is -3.37. The number of thiophene rings is 1. The Morgan fingerprint density at radius 1 is 1.22 bits per heavy atom. The standard InChI is InChI=1S/C19H21N3O3S2/c1-13-2-5-17(26-13)25-15-3-4-16(20-12-15)19-8-6-14(7-9-19)22-10-11-27(23,24)21-18(19)22/h2-5,12,14H,6-11H2,1H3. The summed E-state index contributed by atoms with van der Waals surface area (Å²) >= 11 is 1.60. The van der Waals surface area contributed by atoms with Gasteiger partial charge in [0.25, 0.3) is 10.0 Å². The van der Waals surface area contributed by atoms with Crippen LogP contribution in [0.5, 0.6) is 10.8 Å². The zero-order chi connectivity index (χ0) is 18.6. The fourth-order valence-corrected chi connectivity index (χ4v) is 6.36. The average molecular weight is 404 g/mol. The molecule has 6 rings (SSSR count). The van der Waals surface area contributed by atoms with Crippen molar-refractivity contribution in [1.29, 1.82) is 0 Å². The van der Waals surface area contributed by atoms with Crippen molar-refractivity contribution in [3.63, 3.8) is 0 Å². The van der Waals surface area contributed by atoms with E-state index in [-0.39, 0.29) is 11.2 Å². The van der Waals surface area contributed by atoms with E-state index < -0.39 is 10.0 Å². The van der Waals surface area contributed by atoms with Crippen LogP contribution >= 0.6 is 11.3 Å². The molecule has 3 aliphatic heterocycles. The van der Waals surface area contributed by atoms with Crippen LogP contribution in [0.15, 0.2) is 34.9 Å². The summed E-state index contributed by atoms with van der Waals surface area (Å²) in [6, 6.07) is 8.30. The van der Waals surface area contributed by atoms with Crippen molar-refractivity contribution in [1.82, 2.24) is 9.88 Å². The third-order valence-corrected chi connectivity index (χ3v) is 7.95. The van der Waals surface area contributed by atoms with Gasteiger partial charge in [-0.05, 0) is 56.9 Å². The van der Waals surface area contributed by atoms with Crippen LogP contribution in [0.25, 0.3) is 0 Å². The Kier molecular flexibility index (Phi) is 3.84. The third kappa shape index (κ3) is 2.86. The summed E-state index contributed by atoms with van der Waals surface area (Å²) in [6.07, 6.45) is 5.67. The lowest BCUT2D eigenvalue weighted by Crippen LogP contribution is -2.63. The molecule has 0 N–H and O–H groups in total. The normalized spacial score (nSPS) is 28.6. The van der Waals surface area contributed by atoms with Crippen LogP contribution in [0.2, 0.25) is 0 Å². The second kappa shape index (κ2) is 6.04. The van der Waals surface area contributed by atoms with E-state index in [4.69, 9.17) is 4.74 Å². The molecule has 1 saturated carbocycles. The maximum Gasteiger partial charge on any atom is 0.256 e. The number of piperidine rings is 2. The summed E-state index contributed by atoms with van der Waals surface area (Å²) < 4.78 is 34.4. The molecule has 0 atom stereocenters. The highest BCUT2D eigenvalue weighted by atomic mass is 32.2. The zero-order valence-corrected chi connectivity index (χ0v) is 16.7. The number of fused-ring (bicyclic) bond motifs is 2. The Morgan fingerprint density at radius 2 is 2.04 bits per heavy atom. The van der Waals surface area contributed by atoms with Crippen molar-refractivity contribution >= 4 is 27.2 Å². The first-order valence-electron chi connectivity index (χ1n) is 9.26. The van der Waals surface area contributed by atoms with Crippen molar-refractivity contribution in [3.05, 3.63) is 41.0 Å². The van der Waals surface area contributed by atoms with Crippen molar-refractivity contribution in [2.24, 2.45) is 4.40 Å². The molecule has 8 heteroatoms. The van der Waals surface area contributed by atoms with Crippen LogP contribution in [0.4, 0.5) is 0 Å². The van der Waals surface area contributed by atoms with Gasteiger partial charge in [0.15, 0.2) is 5.06 Å². The Morgan fingerprint density at radius 3 is 2.70 bits per heavy atom.